The van der Waals surface area contributed by atoms with Gasteiger partial charge >= 0.3 is 0 Å². The highest BCUT2D eigenvalue weighted by Crippen LogP contribution is 2.47. The topological polar surface area (TPSA) is 161 Å². The zero-order valence-electron chi connectivity index (χ0n) is 53.8. The van der Waals surface area contributed by atoms with Gasteiger partial charge in [0.05, 0.1) is 0 Å². The molecule has 0 saturated carbocycles. The van der Waals surface area contributed by atoms with Crippen molar-refractivity contribution in [3.8, 4) is 22.3 Å². The molecule has 466 valence electrons. The lowest BCUT2D eigenvalue weighted by atomic mass is 9.33. The maximum Gasteiger partial charge on any atom is 0.252 e. The van der Waals surface area contributed by atoms with E-state index in [1.165, 1.54) is 0 Å². The Morgan fingerprint density at radius 1 is 0.232 bits per heavy atom. The van der Waals surface area contributed by atoms with Crippen molar-refractivity contribution in [2.75, 3.05) is 9.80 Å². The van der Waals surface area contributed by atoms with Gasteiger partial charge in [-0.3, -0.25) is 0 Å². The lowest BCUT2D eigenvalue weighted by Crippen LogP contribution is -2.61. The molecule has 17 heteroatoms. The molecule has 11 aromatic carbocycles. The number of fused-ring (bicyclic) bond motifs is 4. The number of aliphatic imine (C=N–C) groups is 12. The largest absolute Gasteiger partial charge is 0.311 e. The molecule has 99 heavy (non-hydrogen) atoms. The first-order chi connectivity index (χ1) is 48.7. The average molecular weight is 1280 g/mol. The molecule has 0 unspecified atom stereocenters. The predicted molar refractivity (Wildman–Crippen MR) is 403 cm³/mol. The fraction of sp³-hybridized carbons (Fsp3) is 0.0488. The monoisotopic (exact) mass is 1270 g/mol. The van der Waals surface area contributed by atoms with Crippen LogP contribution in [0, 0.1) is 0 Å². The summed E-state index contributed by atoms with van der Waals surface area (Å²) in [6, 6.07) is 96.7. The highest BCUT2D eigenvalue weighted by Gasteiger charge is 2.46. The van der Waals surface area contributed by atoms with Crippen LogP contribution in [0.15, 0.2) is 339 Å². The summed E-state index contributed by atoms with van der Waals surface area (Å²) < 4.78 is 0. The van der Waals surface area contributed by atoms with Crippen molar-refractivity contribution in [3.63, 3.8) is 0 Å². The quantitative estimate of drug-likeness (QED) is 0.125. The lowest BCUT2D eigenvalue weighted by Gasteiger charge is -2.45. The number of hydrogen-bond acceptors (Lipinski definition) is 16. The Kier molecular flexibility index (Phi) is 13.1. The minimum atomic E-state index is -0.317. The molecule has 0 atom stereocenters. The molecule has 0 saturated heterocycles. The van der Waals surface area contributed by atoms with Crippen LogP contribution < -0.4 is 26.2 Å². The number of rotatable bonds is 10. The summed E-state index contributed by atoms with van der Waals surface area (Å²) in [6.45, 7) is 6.57. The standard InChI is InChI=1S/C82H55BN16/c1-82(2,3)60-48-67-69-68(49-60)97(62-42-36-53(37-43-62)51-24-12-5-13-25-51)66-47-59(75-94-80-90-72(56-30-18-8-19-31-56)86-77-87-73(57-32-20-9-21-33-57)91-81(95-75)99(77)80)39-45-64(66)83(69)63-44-38-58(46-65(63)96(67)61-40-34-52(35-41-61)50-22-10-4-11-23-50)74-92-78-88-70(54-26-14-6-15-27-54)84-76-85-71(55-28-16-7-17-29-55)89-79(93-74)98(76)78/h4-49H,1-3H3. The Hall–Kier alpha value is -13.3. The molecule has 16 nitrogen and oxygen atoms in total. The van der Waals surface area contributed by atoms with Crippen LogP contribution in [0.25, 0.3) is 22.3 Å². The summed E-state index contributed by atoms with van der Waals surface area (Å²) in [5.41, 5.74) is 19.5. The predicted octanol–water partition coefficient (Wildman–Crippen LogP) is 14.5. The lowest BCUT2D eigenvalue weighted by molar-refractivity contribution is 0.590. The molecule has 11 aromatic rings. The Morgan fingerprint density at radius 3 is 0.768 bits per heavy atom. The molecule has 0 radical (unpaired) electrons. The Balaban J connectivity index is 0.831. The summed E-state index contributed by atoms with van der Waals surface area (Å²) in [7, 11) is 0. The summed E-state index contributed by atoms with van der Waals surface area (Å²) >= 11 is 0. The van der Waals surface area contributed by atoms with E-state index in [-0.39, 0.29) is 12.1 Å². The highest BCUT2D eigenvalue weighted by atomic mass is 15.5. The van der Waals surface area contributed by atoms with Gasteiger partial charge in [0.25, 0.3) is 6.71 Å². The molecule has 8 aliphatic heterocycles. The summed E-state index contributed by atoms with van der Waals surface area (Å²) in [5.74, 6) is 5.06. The number of anilines is 6. The zero-order valence-corrected chi connectivity index (χ0v) is 53.8. The van der Waals surface area contributed by atoms with Gasteiger partial charge in [-0.25, -0.2) is 9.80 Å². The van der Waals surface area contributed by atoms with Crippen LogP contribution in [0.3, 0.4) is 0 Å². The smallest absolute Gasteiger partial charge is 0.252 e. The van der Waals surface area contributed by atoms with Crippen molar-refractivity contribution in [1.82, 2.24) is 9.80 Å². The summed E-state index contributed by atoms with van der Waals surface area (Å²) in [4.78, 5) is 70.1. The van der Waals surface area contributed by atoms with E-state index in [1.807, 2.05) is 121 Å². The highest BCUT2D eigenvalue weighted by molar-refractivity contribution is 7.00. The molecule has 0 spiro atoms. The molecule has 0 bridgehead atoms. The first-order valence-electron chi connectivity index (χ1n) is 32.9. The van der Waals surface area contributed by atoms with E-state index >= 15 is 0 Å². The minimum Gasteiger partial charge on any atom is -0.311 e. The van der Waals surface area contributed by atoms with E-state index in [0.717, 1.165) is 112 Å². The molecule has 8 aliphatic rings. The number of hydrogen-bond donors (Lipinski definition) is 0. The third-order valence-electron chi connectivity index (χ3n) is 18.7. The third-order valence-corrected chi connectivity index (χ3v) is 18.7. The molecule has 0 N–H and O–H groups in total. The fourth-order valence-electron chi connectivity index (χ4n) is 13.8. The van der Waals surface area contributed by atoms with Crippen molar-refractivity contribution in [2.24, 2.45) is 59.9 Å². The van der Waals surface area contributed by atoms with E-state index < -0.39 is 0 Å². The number of nitrogens with zero attached hydrogens (tertiary/aromatic N) is 16. The van der Waals surface area contributed by atoms with Gasteiger partial charge in [0.1, 0.15) is 0 Å². The third kappa shape index (κ3) is 9.84. The normalized spacial score (nSPS) is 16.1. The van der Waals surface area contributed by atoms with Crippen LogP contribution in [0.2, 0.25) is 0 Å². The second kappa shape index (κ2) is 22.7. The first-order valence-corrected chi connectivity index (χ1v) is 32.9. The van der Waals surface area contributed by atoms with E-state index in [1.54, 1.807) is 9.80 Å². The Labute approximate surface area is 570 Å². The number of benzene rings is 11. The van der Waals surface area contributed by atoms with Gasteiger partial charge in [0, 0.05) is 67.5 Å². The molecular formula is C82H55BN16. The van der Waals surface area contributed by atoms with Crippen LogP contribution >= 0.6 is 0 Å². The second-order valence-corrected chi connectivity index (χ2v) is 25.9. The van der Waals surface area contributed by atoms with Crippen LogP contribution in [-0.2, 0) is 5.41 Å². The summed E-state index contributed by atoms with van der Waals surface area (Å²) in [5, 5.41) is 0. The molecule has 0 aliphatic carbocycles. The Morgan fingerprint density at radius 2 is 0.485 bits per heavy atom. The second-order valence-electron chi connectivity index (χ2n) is 25.9. The number of amidine groups is 6. The van der Waals surface area contributed by atoms with E-state index in [9.17, 15) is 0 Å². The van der Waals surface area contributed by atoms with Crippen molar-refractivity contribution < 1.29 is 0 Å². The molecular weight excluding hydrogens is 1220 g/mol. The van der Waals surface area contributed by atoms with Gasteiger partial charge in [0.15, 0.2) is 35.0 Å². The van der Waals surface area contributed by atoms with Crippen LogP contribution in [0.4, 0.5) is 34.1 Å². The van der Waals surface area contributed by atoms with Crippen LogP contribution in [-0.4, -0.2) is 87.3 Å². The molecule has 8 heterocycles. The van der Waals surface area contributed by atoms with Gasteiger partial charge in [-0.05, 0) is 98.2 Å². The SMILES string of the molecule is CC(C)(C)c1cc2c3c(c1)N(c1ccc(-c4ccccc4)cc1)c1cc(C4=NC5=NC(c6ccccc6)=NC6=NC(c7ccccc7)=NC(=N4)N65)ccc1B3c1ccc(C3=NC4=NC(c5ccccc5)=NC5=NC(c6ccccc6)=NC(=N3)N54)cc1N2c1ccc(-c2ccccc2)cc1. The van der Waals surface area contributed by atoms with E-state index in [2.05, 4.69) is 188 Å². The van der Waals surface area contributed by atoms with Gasteiger partial charge in [-0.15, -0.1) is 0 Å². The van der Waals surface area contributed by atoms with Crippen molar-refractivity contribution in [2.45, 2.75) is 26.2 Å². The van der Waals surface area contributed by atoms with E-state index in [0.29, 0.717) is 70.8 Å². The fourth-order valence-corrected chi connectivity index (χ4v) is 13.8. The maximum atomic E-state index is 5.31. The van der Waals surface area contributed by atoms with Crippen molar-refractivity contribution in [3.05, 3.63) is 318 Å². The first kappa shape index (κ1) is 57.2. The molecule has 0 amide bonds. The molecule has 0 fully saturated rings. The van der Waals surface area contributed by atoms with Crippen molar-refractivity contribution in [1.29, 1.82) is 0 Å². The molecule has 19 rings (SSSR count). The minimum absolute atomic E-state index is 0.299. The van der Waals surface area contributed by atoms with Gasteiger partial charge in [0.2, 0.25) is 35.8 Å². The molecule has 0 aromatic heterocycles. The summed E-state index contributed by atoms with van der Waals surface area (Å²) in [6.07, 6.45) is 0. The van der Waals surface area contributed by atoms with Gasteiger partial charge < -0.3 is 9.80 Å². The van der Waals surface area contributed by atoms with Crippen LogP contribution in [0.1, 0.15) is 59.7 Å². The number of guanidine groups is 6. The van der Waals surface area contributed by atoms with E-state index in [4.69, 9.17) is 59.9 Å². The maximum absolute atomic E-state index is 5.31. The van der Waals surface area contributed by atoms with Gasteiger partial charge in [-0.1, -0.05) is 251 Å². The zero-order chi connectivity index (χ0) is 65.9. The Bertz CT molecular complexity index is 5200. The average Bonchev–Trinajstić information content (AvgIpc) is 0.700. The van der Waals surface area contributed by atoms with Crippen LogP contribution in [0.5, 0.6) is 0 Å². The van der Waals surface area contributed by atoms with Crippen molar-refractivity contribution >= 4 is 128 Å². The van der Waals surface area contributed by atoms with Gasteiger partial charge in [-0.2, -0.15) is 59.9 Å².